The van der Waals surface area contributed by atoms with E-state index in [1.165, 1.54) is 18.3 Å². The molecule has 0 aliphatic rings. The zero-order valence-corrected chi connectivity index (χ0v) is 15.4. The fraction of sp³-hybridized carbons (Fsp3) is 0.0476. The maximum atomic E-state index is 12.0. The van der Waals surface area contributed by atoms with Crippen molar-refractivity contribution < 1.29 is 19.7 Å². The van der Waals surface area contributed by atoms with Gasteiger partial charge in [0.25, 0.3) is 5.91 Å². The number of aromatic hydroxyl groups is 2. The quantitative estimate of drug-likeness (QED) is 0.432. The van der Waals surface area contributed by atoms with Crippen LogP contribution in [0.5, 0.6) is 17.2 Å². The van der Waals surface area contributed by atoms with Gasteiger partial charge >= 0.3 is 0 Å². The van der Waals surface area contributed by atoms with E-state index in [0.29, 0.717) is 17.4 Å². The highest BCUT2D eigenvalue weighted by molar-refractivity contribution is 6.31. The standard InChI is InChI=1S/C21H17ClN2O4/c22-20-7-2-1-5-15(20)13-28-19-6-3-4-14(8-19)12-23-24-21(27)16-9-17(25)11-18(26)10-16/h1-12,25-26H,13H2,(H,24,27)/b23-12+. The number of ether oxygens (including phenoxy) is 1. The number of carbonyl (C=O) groups excluding carboxylic acids is 1. The smallest absolute Gasteiger partial charge is 0.271 e. The normalized spacial score (nSPS) is 10.8. The lowest BCUT2D eigenvalue weighted by Gasteiger charge is -2.08. The minimum Gasteiger partial charge on any atom is -0.508 e. The van der Waals surface area contributed by atoms with Gasteiger partial charge in [0.15, 0.2) is 0 Å². The van der Waals surface area contributed by atoms with Gasteiger partial charge in [-0.15, -0.1) is 0 Å². The molecule has 0 fully saturated rings. The van der Waals surface area contributed by atoms with E-state index in [-0.39, 0.29) is 17.1 Å². The largest absolute Gasteiger partial charge is 0.508 e. The summed E-state index contributed by atoms with van der Waals surface area (Å²) >= 11 is 6.12. The molecule has 0 heterocycles. The van der Waals surface area contributed by atoms with Crippen molar-refractivity contribution in [2.24, 2.45) is 5.10 Å². The van der Waals surface area contributed by atoms with Crippen molar-refractivity contribution in [3.05, 3.63) is 88.4 Å². The maximum absolute atomic E-state index is 12.0. The first-order valence-electron chi connectivity index (χ1n) is 8.34. The first kappa shape index (κ1) is 19.3. The summed E-state index contributed by atoms with van der Waals surface area (Å²) in [5, 5.41) is 23.4. The van der Waals surface area contributed by atoms with Gasteiger partial charge in [0.05, 0.1) is 6.21 Å². The highest BCUT2D eigenvalue weighted by atomic mass is 35.5. The van der Waals surface area contributed by atoms with Crippen LogP contribution in [0.15, 0.2) is 71.8 Å². The highest BCUT2D eigenvalue weighted by Crippen LogP contribution is 2.21. The average Bonchev–Trinajstić information content (AvgIpc) is 2.67. The van der Waals surface area contributed by atoms with E-state index < -0.39 is 5.91 Å². The van der Waals surface area contributed by atoms with Crippen molar-refractivity contribution in [2.75, 3.05) is 0 Å². The molecule has 3 aromatic carbocycles. The van der Waals surface area contributed by atoms with Crippen LogP contribution in [0.25, 0.3) is 0 Å². The molecule has 0 bridgehead atoms. The van der Waals surface area contributed by atoms with Crippen LogP contribution >= 0.6 is 11.6 Å². The van der Waals surface area contributed by atoms with Gasteiger partial charge in [-0.1, -0.05) is 41.9 Å². The molecule has 0 saturated carbocycles. The average molecular weight is 397 g/mol. The molecule has 0 aromatic heterocycles. The van der Waals surface area contributed by atoms with Crippen molar-refractivity contribution in [3.8, 4) is 17.2 Å². The van der Waals surface area contributed by atoms with Crippen LogP contribution in [0.4, 0.5) is 0 Å². The molecule has 6 nitrogen and oxygen atoms in total. The first-order valence-corrected chi connectivity index (χ1v) is 8.72. The van der Waals surface area contributed by atoms with Gasteiger partial charge in [-0.2, -0.15) is 5.10 Å². The van der Waals surface area contributed by atoms with Crippen molar-refractivity contribution in [2.45, 2.75) is 6.61 Å². The molecule has 3 rings (SSSR count). The predicted octanol–water partition coefficient (Wildman–Crippen LogP) is 4.09. The number of rotatable bonds is 6. The van der Waals surface area contributed by atoms with Crippen molar-refractivity contribution in [1.29, 1.82) is 0 Å². The summed E-state index contributed by atoms with van der Waals surface area (Å²) in [6.07, 6.45) is 1.46. The number of nitrogens with one attached hydrogen (secondary N) is 1. The Morgan fingerprint density at radius 2 is 1.79 bits per heavy atom. The van der Waals surface area contributed by atoms with Gasteiger partial charge < -0.3 is 14.9 Å². The molecule has 3 N–H and O–H groups in total. The Morgan fingerprint density at radius 3 is 2.54 bits per heavy atom. The lowest BCUT2D eigenvalue weighted by atomic mass is 10.2. The van der Waals surface area contributed by atoms with Crippen LogP contribution < -0.4 is 10.2 Å². The molecular formula is C21H17ClN2O4. The SMILES string of the molecule is O=C(N/N=C/c1cccc(OCc2ccccc2Cl)c1)c1cc(O)cc(O)c1. The van der Waals surface area contributed by atoms with E-state index in [9.17, 15) is 15.0 Å². The van der Waals surface area contributed by atoms with Crippen molar-refractivity contribution in [3.63, 3.8) is 0 Å². The Balaban J connectivity index is 1.60. The van der Waals surface area contributed by atoms with Crippen LogP contribution in [0.3, 0.4) is 0 Å². The van der Waals surface area contributed by atoms with Crippen LogP contribution in [-0.2, 0) is 6.61 Å². The topological polar surface area (TPSA) is 91.2 Å². The molecule has 0 aliphatic carbocycles. The Kier molecular flexibility index (Phi) is 6.14. The van der Waals surface area contributed by atoms with Crippen LogP contribution in [-0.4, -0.2) is 22.3 Å². The maximum Gasteiger partial charge on any atom is 0.271 e. The number of hydrazone groups is 1. The molecule has 0 radical (unpaired) electrons. The van der Waals surface area contributed by atoms with E-state index >= 15 is 0 Å². The lowest BCUT2D eigenvalue weighted by molar-refractivity contribution is 0.0954. The molecule has 7 heteroatoms. The molecule has 0 saturated heterocycles. The minimum absolute atomic E-state index is 0.0893. The van der Waals surface area contributed by atoms with Crippen LogP contribution in [0, 0.1) is 0 Å². The third-order valence-corrected chi connectivity index (χ3v) is 4.12. The van der Waals surface area contributed by atoms with Gasteiger partial charge in [0.1, 0.15) is 23.9 Å². The molecule has 0 unspecified atom stereocenters. The molecule has 0 aliphatic heterocycles. The Morgan fingerprint density at radius 1 is 1.04 bits per heavy atom. The van der Waals surface area contributed by atoms with Crippen LogP contribution in [0.1, 0.15) is 21.5 Å². The second-order valence-electron chi connectivity index (χ2n) is 5.89. The van der Waals surface area contributed by atoms with Gasteiger partial charge in [-0.3, -0.25) is 4.79 Å². The highest BCUT2D eigenvalue weighted by Gasteiger charge is 2.07. The summed E-state index contributed by atoms with van der Waals surface area (Å²) in [5.74, 6) is -0.350. The third kappa shape index (κ3) is 5.25. The van der Waals surface area contributed by atoms with E-state index in [1.54, 1.807) is 24.3 Å². The zero-order chi connectivity index (χ0) is 19.9. The van der Waals surface area contributed by atoms with Crippen molar-refractivity contribution in [1.82, 2.24) is 5.43 Å². The van der Waals surface area contributed by atoms with Gasteiger partial charge in [-0.25, -0.2) is 5.43 Å². The predicted molar refractivity (Wildman–Crippen MR) is 107 cm³/mol. The summed E-state index contributed by atoms with van der Waals surface area (Å²) in [6.45, 7) is 0.331. The second kappa shape index (κ2) is 8.92. The number of nitrogens with zero attached hydrogens (tertiary/aromatic N) is 1. The summed E-state index contributed by atoms with van der Waals surface area (Å²) in [4.78, 5) is 12.0. The number of benzene rings is 3. The number of phenolic OH excluding ortho intramolecular Hbond substituents is 2. The Hall–Kier alpha value is -3.51. The summed E-state index contributed by atoms with van der Waals surface area (Å²) in [6, 6.07) is 18.2. The Labute approximate surface area is 166 Å². The zero-order valence-electron chi connectivity index (χ0n) is 14.7. The van der Waals surface area contributed by atoms with E-state index in [1.807, 2.05) is 24.3 Å². The van der Waals surface area contributed by atoms with E-state index in [0.717, 1.165) is 17.2 Å². The van der Waals surface area contributed by atoms with Gasteiger partial charge in [0.2, 0.25) is 0 Å². The van der Waals surface area contributed by atoms with E-state index in [2.05, 4.69) is 10.5 Å². The fourth-order valence-corrected chi connectivity index (χ4v) is 2.61. The molecule has 28 heavy (non-hydrogen) atoms. The number of carbonyl (C=O) groups is 1. The summed E-state index contributed by atoms with van der Waals surface area (Å²) < 4.78 is 5.75. The number of halogens is 1. The Bertz CT molecular complexity index is 1000. The first-order chi connectivity index (χ1) is 13.5. The third-order valence-electron chi connectivity index (χ3n) is 3.75. The summed E-state index contributed by atoms with van der Waals surface area (Å²) in [7, 11) is 0. The molecule has 3 aromatic rings. The molecule has 1 amide bonds. The van der Waals surface area contributed by atoms with Gasteiger partial charge in [0, 0.05) is 22.2 Å². The molecular weight excluding hydrogens is 380 g/mol. The lowest BCUT2D eigenvalue weighted by Crippen LogP contribution is -2.17. The number of phenols is 2. The van der Waals surface area contributed by atoms with Gasteiger partial charge in [-0.05, 0) is 35.9 Å². The second-order valence-corrected chi connectivity index (χ2v) is 6.30. The van der Waals surface area contributed by atoms with E-state index in [4.69, 9.17) is 16.3 Å². The number of hydrogen-bond donors (Lipinski definition) is 3. The summed E-state index contributed by atoms with van der Waals surface area (Å²) in [5.41, 5.74) is 4.02. The monoisotopic (exact) mass is 396 g/mol. The molecule has 0 atom stereocenters. The fourth-order valence-electron chi connectivity index (χ4n) is 2.42. The number of hydrogen-bond acceptors (Lipinski definition) is 5. The molecule has 0 spiro atoms. The number of amides is 1. The molecule has 142 valence electrons. The van der Waals surface area contributed by atoms with Crippen LogP contribution in [0.2, 0.25) is 5.02 Å². The van der Waals surface area contributed by atoms with Crippen molar-refractivity contribution >= 4 is 23.7 Å². The minimum atomic E-state index is -0.562.